The smallest absolute Gasteiger partial charge is 0.0362 e. The number of nitrogens with zero attached hydrogens (tertiary/aromatic N) is 1. The van der Waals surface area contributed by atoms with Crippen LogP contribution in [-0.4, -0.2) is 46.1 Å². The summed E-state index contributed by atoms with van der Waals surface area (Å²) >= 11 is 5.75. The monoisotopic (exact) mass is 223 g/mol. The van der Waals surface area contributed by atoms with Crippen molar-refractivity contribution in [1.82, 2.24) is 4.90 Å². The van der Waals surface area contributed by atoms with E-state index in [2.05, 4.69) is 11.8 Å². The van der Waals surface area contributed by atoms with Crippen LogP contribution < -0.4 is 0 Å². The fourth-order valence-corrected chi connectivity index (χ4v) is 2.78. The van der Waals surface area contributed by atoms with E-state index in [0.29, 0.717) is 5.92 Å². The zero-order chi connectivity index (χ0) is 9.68. The Kier molecular flexibility index (Phi) is 5.29. The largest absolute Gasteiger partial charge is 0.302 e. The molecule has 1 rings (SSSR count). The van der Waals surface area contributed by atoms with Crippen molar-refractivity contribution in [3.05, 3.63) is 0 Å². The lowest BCUT2D eigenvalue weighted by atomic mass is 10.2. The molecular formula is C9H18ClNOS. The molecule has 0 N–H and O–H groups in total. The number of halogens is 1. The van der Waals surface area contributed by atoms with Crippen molar-refractivity contribution in [2.45, 2.75) is 13.3 Å². The second-order valence-electron chi connectivity index (χ2n) is 3.76. The summed E-state index contributed by atoms with van der Waals surface area (Å²) in [6.07, 6.45) is 1.07. The molecule has 2 nitrogen and oxygen atoms in total. The van der Waals surface area contributed by atoms with E-state index in [1.54, 1.807) is 0 Å². The van der Waals surface area contributed by atoms with E-state index >= 15 is 0 Å². The summed E-state index contributed by atoms with van der Waals surface area (Å²) in [4.78, 5) is 2.39. The number of rotatable bonds is 3. The van der Waals surface area contributed by atoms with Crippen LogP contribution in [0.2, 0.25) is 0 Å². The third-order valence-corrected chi connectivity index (χ3v) is 4.22. The maximum absolute atomic E-state index is 11.2. The lowest BCUT2D eigenvalue weighted by Crippen LogP contribution is -2.31. The van der Waals surface area contributed by atoms with Gasteiger partial charge in [0.15, 0.2) is 0 Å². The number of alkyl halides is 1. The van der Waals surface area contributed by atoms with Gasteiger partial charge in [-0.1, -0.05) is 6.92 Å². The van der Waals surface area contributed by atoms with Gasteiger partial charge in [-0.3, -0.25) is 4.21 Å². The lowest BCUT2D eigenvalue weighted by molar-refractivity contribution is 0.264. The predicted octanol–water partition coefficient (Wildman–Crippen LogP) is 1.32. The molecule has 0 aliphatic carbocycles. The molecule has 0 saturated carbocycles. The average molecular weight is 224 g/mol. The lowest BCUT2D eigenvalue weighted by Gasteiger charge is -2.22. The Morgan fingerprint density at radius 3 is 2.92 bits per heavy atom. The Morgan fingerprint density at radius 1 is 1.46 bits per heavy atom. The molecule has 2 unspecified atom stereocenters. The van der Waals surface area contributed by atoms with Gasteiger partial charge in [0.1, 0.15) is 0 Å². The second kappa shape index (κ2) is 5.99. The fourth-order valence-electron chi connectivity index (χ4n) is 1.57. The van der Waals surface area contributed by atoms with Gasteiger partial charge < -0.3 is 4.90 Å². The Morgan fingerprint density at radius 2 is 2.23 bits per heavy atom. The molecule has 0 aromatic heterocycles. The molecule has 1 heterocycles. The van der Waals surface area contributed by atoms with Crippen molar-refractivity contribution in [2.24, 2.45) is 5.92 Å². The Bertz CT molecular complexity index is 177. The standard InChI is InChI=1S/C9H18ClNOS/c1-9(7-10)8-11-3-2-5-13(12)6-4-11/h9H,2-8H2,1H3. The fraction of sp³-hybridized carbons (Fsp3) is 1.00. The van der Waals surface area contributed by atoms with Crippen LogP contribution in [0.25, 0.3) is 0 Å². The molecule has 13 heavy (non-hydrogen) atoms. The highest BCUT2D eigenvalue weighted by molar-refractivity contribution is 7.85. The Balaban J connectivity index is 2.29. The van der Waals surface area contributed by atoms with E-state index in [1.165, 1.54) is 0 Å². The summed E-state index contributed by atoms with van der Waals surface area (Å²) in [6.45, 7) is 5.29. The first-order valence-corrected chi connectivity index (χ1v) is 6.88. The zero-order valence-electron chi connectivity index (χ0n) is 8.17. The SMILES string of the molecule is CC(CCl)CN1CCCS(=O)CC1. The van der Waals surface area contributed by atoms with Gasteiger partial charge in [-0.25, -0.2) is 0 Å². The van der Waals surface area contributed by atoms with Crippen LogP contribution in [0.3, 0.4) is 0 Å². The van der Waals surface area contributed by atoms with Gasteiger partial charge >= 0.3 is 0 Å². The highest BCUT2D eigenvalue weighted by Gasteiger charge is 2.14. The third-order valence-electron chi connectivity index (χ3n) is 2.31. The molecule has 0 radical (unpaired) electrons. The molecule has 0 bridgehead atoms. The first-order valence-electron chi connectivity index (χ1n) is 4.85. The molecule has 2 atom stereocenters. The topological polar surface area (TPSA) is 20.3 Å². The van der Waals surface area contributed by atoms with Crippen LogP contribution in [-0.2, 0) is 10.8 Å². The molecule has 0 amide bonds. The van der Waals surface area contributed by atoms with Crippen molar-refractivity contribution < 1.29 is 4.21 Å². The van der Waals surface area contributed by atoms with E-state index < -0.39 is 10.8 Å². The van der Waals surface area contributed by atoms with E-state index in [1.807, 2.05) is 0 Å². The van der Waals surface area contributed by atoms with Crippen LogP contribution in [0.5, 0.6) is 0 Å². The Labute approximate surface area is 88.1 Å². The van der Waals surface area contributed by atoms with Crippen molar-refractivity contribution >= 4 is 22.4 Å². The minimum absolute atomic E-state index is 0.549. The van der Waals surface area contributed by atoms with Gasteiger partial charge in [0.2, 0.25) is 0 Å². The summed E-state index contributed by atoms with van der Waals surface area (Å²) in [7, 11) is -0.570. The van der Waals surface area contributed by atoms with Crippen LogP contribution in [0.1, 0.15) is 13.3 Å². The second-order valence-corrected chi connectivity index (χ2v) is 5.77. The molecular weight excluding hydrogens is 206 g/mol. The molecule has 1 fully saturated rings. The molecule has 1 aliphatic heterocycles. The van der Waals surface area contributed by atoms with Crippen LogP contribution in [0.15, 0.2) is 0 Å². The maximum atomic E-state index is 11.2. The highest BCUT2D eigenvalue weighted by atomic mass is 35.5. The van der Waals surface area contributed by atoms with E-state index in [0.717, 1.165) is 43.4 Å². The molecule has 78 valence electrons. The molecule has 0 spiro atoms. The summed E-state index contributed by atoms with van der Waals surface area (Å²) in [5.74, 6) is 2.99. The zero-order valence-corrected chi connectivity index (χ0v) is 9.74. The van der Waals surface area contributed by atoms with Gasteiger partial charge in [0.25, 0.3) is 0 Å². The first kappa shape index (κ1) is 11.5. The van der Waals surface area contributed by atoms with Crippen molar-refractivity contribution in [3.8, 4) is 0 Å². The molecule has 4 heteroatoms. The molecule has 1 saturated heterocycles. The van der Waals surface area contributed by atoms with Crippen molar-refractivity contribution in [1.29, 1.82) is 0 Å². The van der Waals surface area contributed by atoms with E-state index in [4.69, 9.17) is 11.6 Å². The van der Waals surface area contributed by atoms with Crippen LogP contribution in [0.4, 0.5) is 0 Å². The quantitative estimate of drug-likeness (QED) is 0.673. The van der Waals surface area contributed by atoms with Gasteiger partial charge in [-0.05, 0) is 18.9 Å². The summed E-state index contributed by atoms with van der Waals surface area (Å²) < 4.78 is 11.2. The maximum Gasteiger partial charge on any atom is 0.0362 e. The third kappa shape index (κ3) is 4.43. The summed E-state index contributed by atoms with van der Waals surface area (Å²) in [6, 6.07) is 0. The minimum atomic E-state index is -0.570. The van der Waals surface area contributed by atoms with E-state index in [9.17, 15) is 4.21 Å². The molecule has 0 aromatic rings. The average Bonchev–Trinajstić information content (AvgIpc) is 2.31. The predicted molar refractivity (Wildman–Crippen MR) is 58.8 cm³/mol. The summed E-state index contributed by atoms with van der Waals surface area (Å²) in [5, 5.41) is 0. The normalized spacial score (nSPS) is 28.3. The number of hydrogen-bond acceptors (Lipinski definition) is 2. The van der Waals surface area contributed by atoms with Gasteiger partial charge in [0.05, 0.1) is 0 Å². The van der Waals surface area contributed by atoms with Crippen molar-refractivity contribution in [2.75, 3.05) is 37.0 Å². The summed E-state index contributed by atoms with van der Waals surface area (Å²) in [5.41, 5.74) is 0. The number of hydrogen-bond donors (Lipinski definition) is 0. The van der Waals surface area contributed by atoms with Crippen LogP contribution in [0, 0.1) is 5.92 Å². The van der Waals surface area contributed by atoms with Crippen molar-refractivity contribution in [3.63, 3.8) is 0 Å². The van der Waals surface area contributed by atoms with Crippen LogP contribution >= 0.6 is 11.6 Å². The van der Waals surface area contributed by atoms with Gasteiger partial charge in [0, 0.05) is 41.3 Å². The van der Waals surface area contributed by atoms with Gasteiger partial charge in [-0.2, -0.15) is 0 Å². The first-order chi connectivity index (χ1) is 6.22. The Hall–Kier alpha value is 0.400. The molecule has 0 aromatic carbocycles. The highest BCUT2D eigenvalue weighted by Crippen LogP contribution is 2.06. The van der Waals surface area contributed by atoms with E-state index in [-0.39, 0.29) is 0 Å². The minimum Gasteiger partial charge on any atom is -0.302 e. The molecule has 1 aliphatic rings. The van der Waals surface area contributed by atoms with Gasteiger partial charge in [-0.15, -0.1) is 11.6 Å².